The van der Waals surface area contributed by atoms with Gasteiger partial charge in [-0.05, 0) is 32.9 Å². The Morgan fingerprint density at radius 3 is 2.56 bits per heavy atom. The molecule has 1 aromatic rings. The van der Waals surface area contributed by atoms with Crippen molar-refractivity contribution in [1.82, 2.24) is 15.5 Å². The lowest BCUT2D eigenvalue weighted by molar-refractivity contribution is 0.0635. The minimum absolute atomic E-state index is 0.403. The molecule has 0 spiro atoms. The fraction of sp³-hybridized carbons (Fsp3) is 0.583. The number of nitrogens with zero attached hydrogens (tertiary/aromatic N) is 2. The van der Waals surface area contributed by atoms with Crippen molar-refractivity contribution < 1.29 is 9.53 Å². The van der Waals surface area contributed by atoms with Gasteiger partial charge in [0.2, 0.25) is 0 Å². The van der Waals surface area contributed by atoms with E-state index >= 15 is 0 Å². The van der Waals surface area contributed by atoms with Gasteiger partial charge in [0, 0.05) is 19.0 Å². The number of nitrogens with one attached hydrogen (secondary N) is 2. The number of hydrogen-bond acceptors (Lipinski definition) is 5. The van der Waals surface area contributed by atoms with Gasteiger partial charge in [-0.2, -0.15) is 5.10 Å². The molecule has 1 aliphatic rings. The van der Waals surface area contributed by atoms with Gasteiger partial charge in [0.15, 0.2) is 5.82 Å². The molecule has 2 rings (SSSR count). The minimum atomic E-state index is -0.519. The van der Waals surface area contributed by atoms with Crippen LogP contribution in [0.2, 0.25) is 0 Å². The van der Waals surface area contributed by atoms with E-state index < -0.39 is 11.7 Å². The van der Waals surface area contributed by atoms with Gasteiger partial charge in [0.1, 0.15) is 5.60 Å². The Kier molecular flexibility index (Phi) is 3.47. The molecule has 0 bridgehead atoms. The SMILES string of the molecule is CC(C)(C)OC(=O)Nc1ccc(C2CNC2)nn1. The van der Waals surface area contributed by atoms with E-state index in [4.69, 9.17) is 4.74 Å². The van der Waals surface area contributed by atoms with Gasteiger partial charge in [-0.25, -0.2) is 4.79 Å². The Hall–Kier alpha value is -1.69. The van der Waals surface area contributed by atoms with E-state index in [1.807, 2.05) is 26.8 Å². The predicted octanol–water partition coefficient (Wildman–Crippen LogP) is 1.51. The number of carbonyl (C=O) groups is 1. The smallest absolute Gasteiger partial charge is 0.413 e. The summed E-state index contributed by atoms with van der Waals surface area (Å²) in [5.74, 6) is 0.841. The van der Waals surface area contributed by atoms with Gasteiger partial charge in [-0.1, -0.05) is 0 Å². The highest BCUT2D eigenvalue weighted by Gasteiger charge is 2.21. The van der Waals surface area contributed by atoms with E-state index in [2.05, 4.69) is 20.8 Å². The zero-order valence-corrected chi connectivity index (χ0v) is 10.9. The average molecular weight is 250 g/mol. The number of ether oxygens (including phenoxy) is 1. The van der Waals surface area contributed by atoms with E-state index in [1.165, 1.54) is 0 Å². The van der Waals surface area contributed by atoms with Crippen molar-refractivity contribution in [2.75, 3.05) is 18.4 Å². The molecule has 1 amide bonds. The van der Waals surface area contributed by atoms with Crippen LogP contribution in [0.5, 0.6) is 0 Å². The number of rotatable bonds is 2. The van der Waals surface area contributed by atoms with Crippen LogP contribution in [-0.2, 0) is 4.74 Å². The van der Waals surface area contributed by atoms with Crippen LogP contribution in [0.3, 0.4) is 0 Å². The highest BCUT2D eigenvalue weighted by Crippen LogP contribution is 2.17. The Morgan fingerprint density at radius 2 is 2.11 bits per heavy atom. The zero-order valence-electron chi connectivity index (χ0n) is 10.9. The van der Waals surface area contributed by atoms with Gasteiger partial charge >= 0.3 is 6.09 Å². The molecule has 0 atom stereocenters. The van der Waals surface area contributed by atoms with E-state index in [1.54, 1.807) is 6.07 Å². The molecule has 0 unspecified atom stereocenters. The third-order valence-electron chi connectivity index (χ3n) is 2.51. The summed E-state index contributed by atoms with van der Waals surface area (Å²) in [6.07, 6.45) is -0.519. The number of amides is 1. The lowest BCUT2D eigenvalue weighted by Crippen LogP contribution is -2.40. The number of aromatic nitrogens is 2. The molecule has 0 saturated carbocycles. The largest absolute Gasteiger partial charge is 0.444 e. The number of carbonyl (C=O) groups excluding carboxylic acids is 1. The molecule has 1 fully saturated rings. The van der Waals surface area contributed by atoms with Crippen LogP contribution in [0.15, 0.2) is 12.1 Å². The molecule has 98 valence electrons. The van der Waals surface area contributed by atoms with Crippen molar-refractivity contribution in [2.24, 2.45) is 0 Å². The molecule has 1 aliphatic heterocycles. The van der Waals surface area contributed by atoms with Crippen LogP contribution in [0, 0.1) is 0 Å². The van der Waals surface area contributed by atoms with Crippen LogP contribution in [0.25, 0.3) is 0 Å². The molecule has 18 heavy (non-hydrogen) atoms. The Bertz CT molecular complexity index is 421. The Balaban J connectivity index is 1.91. The monoisotopic (exact) mass is 250 g/mol. The normalized spacial score (nSPS) is 15.9. The minimum Gasteiger partial charge on any atom is -0.444 e. The zero-order chi connectivity index (χ0) is 13.2. The van der Waals surface area contributed by atoms with Crippen LogP contribution in [0.4, 0.5) is 10.6 Å². The Morgan fingerprint density at radius 1 is 1.39 bits per heavy atom. The maximum Gasteiger partial charge on any atom is 0.413 e. The fourth-order valence-corrected chi connectivity index (χ4v) is 1.53. The average Bonchev–Trinajstić information content (AvgIpc) is 2.15. The van der Waals surface area contributed by atoms with Gasteiger partial charge in [0.25, 0.3) is 0 Å². The van der Waals surface area contributed by atoms with E-state index in [0.29, 0.717) is 11.7 Å². The molecule has 0 aliphatic carbocycles. The highest BCUT2D eigenvalue weighted by atomic mass is 16.6. The van der Waals surface area contributed by atoms with Gasteiger partial charge < -0.3 is 10.1 Å². The van der Waals surface area contributed by atoms with Gasteiger partial charge in [-0.15, -0.1) is 5.10 Å². The molecule has 2 heterocycles. The Labute approximate surface area is 106 Å². The first-order valence-corrected chi connectivity index (χ1v) is 5.98. The fourth-order valence-electron chi connectivity index (χ4n) is 1.53. The number of anilines is 1. The van der Waals surface area contributed by atoms with Gasteiger partial charge in [0.05, 0.1) is 5.69 Å². The van der Waals surface area contributed by atoms with Gasteiger partial charge in [-0.3, -0.25) is 5.32 Å². The van der Waals surface area contributed by atoms with Crippen molar-refractivity contribution in [3.63, 3.8) is 0 Å². The number of hydrogen-bond donors (Lipinski definition) is 2. The first-order chi connectivity index (χ1) is 8.44. The second-order valence-corrected chi connectivity index (χ2v) is 5.33. The topological polar surface area (TPSA) is 76.1 Å². The molecular weight excluding hydrogens is 232 g/mol. The third-order valence-corrected chi connectivity index (χ3v) is 2.51. The molecule has 2 N–H and O–H groups in total. The molecule has 0 aromatic carbocycles. The third kappa shape index (κ3) is 3.40. The summed E-state index contributed by atoms with van der Waals surface area (Å²) in [5.41, 5.74) is 0.429. The second-order valence-electron chi connectivity index (χ2n) is 5.33. The van der Waals surface area contributed by atoms with Crippen molar-refractivity contribution in [1.29, 1.82) is 0 Å². The molecule has 1 aromatic heterocycles. The van der Waals surface area contributed by atoms with Crippen LogP contribution in [0.1, 0.15) is 32.4 Å². The van der Waals surface area contributed by atoms with Crippen LogP contribution < -0.4 is 10.6 Å². The summed E-state index contributed by atoms with van der Waals surface area (Å²) in [5, 5.41) is 13.8. The van der Waals surface area contributed by atoms with E-state index in [0.717, 1.165) is 18.8 Å². The van der Waals surface area contributed by atoms with E-state index in [9.17, 15) is 4.79 Å². The van der Waals surface area contributed by atoms with E-state index in [-0.39, 0.29) is 0 Å². The van der Waals surface area contributed by atoms with Crippen molar-refractivity contribution in [3.8, 4) is 0 Å². The van der Waals surface area contributed by atoms with Crippen LogP contribution in [-0.4, -0.2) is 35.0 Å². The summed E-state index contributed by atoms with van der Waals surface area (Å²) < 4.78 is 5.12. The summed E-state index contributed by atoms with van der Waals surface area (Å²) in [6.45, 7) is 7.31. The maximum absolute atomic E-state index is 11.5. The van der Waals surface area contributed by atoms with Crippen molar-refractivity contribution >= 4 is 11.9 Å². The first kappa shape index (κ1) is 12.8. The first-order valence-electron chi connectivity index (χ1n) is 5.98. The molecular formula is C12H18N4O2. The predicted molar refractivity (Wildman–Crippen MR) is 67.5 cm³/mol. The molecule has 6 nitrogen and oxygen atoms in total. The standard InChI is InChI=1S/C12H18N4O2/c1-12(2,3)18-11(17)14-10-5-4-9(15-16-10)8-6-13-7-8/h4-5,8,13H,6-7H2,1-3H3,(H,14,16,17). The quantitative estimate of drug-likeness (QED) is 0.832. The summed E-state index contributed by atoms with van der Waals surface area (Å²) >= 11 is 0. The molecule has 0 radical (unpaired) electrons. The second kappa shape index (κ2) is 4.89. The summed E-state index contributed by atoms with van der Waals surface area (Å²) in [7, 11) is 0. The molecule has 6 heteroatoms. The van der Waals surface area contributed by atoms with Crippen molar-refractivity contribution in [2.45, 2.75) is 32.3 Å². The lowest BCUT2D eigenvalue weighted by Gasteiger charge is -2.25. The lowest BCUT2D eigenvalue weighted by atomic mass is 9.99. The summed E-state index contributed by atoms with van der Waals surface area (Å²) in [4.78, 5) is 11.5. The maximum atomic E-state index is 11.5. The summed E-state index contributed by atoms with van der Waals surface area (Å²) in [6, 6.07) is 3.62. The molecule has 1 saturated heterocycles. The van der Waals surface area contributed by atoms with Crippen LogP contribution >= 0.6 is 0 Å². The highest BCUT2D eigenvalue weighted by molar-refractivity contribution is 5.83. The van der Waals surface area contributed by atoms with Crippen molar-refractivity contribution in [3.05, 3.63) is 17.8 Å².